The molecule has 0 aliphatic rings. The van der Waals surface area contributed by atoms with Gasteiger partial charge in [0.15, 0.2) is 0 Å². The molecule has 0 fully saturated rings. The van der Waals surface area contributed by atoms with E-state index in [0.29, 0.717) is 16.4 Å². The van der Waals surface area contributed by atoms with Crippen LogP contribution in [0, 0.1) is 18.6 Å². The van der Waals surface area contributed by atoms with Crippen molar-refractivity contribution in [3.63, 3.8) is 0 Å². The van der Waals surface area contributed by atoms with Crippen molar-refractivity contribution in [2.75, 3.05) is 11.1 Å². The number of hydrogen-bond donors (Lipinski definition) is 2. The molecule has 0 amide bonds. The molecule has 18 heavy (non-hydrogen) atoms. The molecule has 0 spiro atoms. The quantitative estimate of drug-likeness (QED) is 0.799. The summed E-state index contributed by atoms with van der Waals surface area (Å²) in [5.74, 6) is -1.28. The van der Waals surface area contributed by atoms with Gasteiger partial charge in [-0.25, -0.2) is 8.78 Å². The van der Waals surface area contributed by atoms with E-state index in [1.54, 1.807) is 12.1 Å². The average molecular weight is 269 g/mol. The summed E-state index contributed by atoms with van der Waals surface area (Å²) in [6, 6.07) is 6.62. The minimum absolute atomic E-state index is 0.181. The fraction of sp³-hybridized carbons (Fsp3) is 0.0769. The fourth-order valence-electron chi connectivity index (χ4n) is 1.57. The molecule has 0 unspecified atom stereocenters. The van der Waals surface area contributed by atoms with Gasteiger partial charge in [-0.05, 0) is 36.8 Å². The molecular formula is C13H11ClF2N2. The Morgan fingerprint density at radius 3 is 2.50 bits per heavy atom. The van der Waals surface area contributed by atoms with Crippen LogP contribution in [-0.4, -0.2) is 0 Å². The summed E-state index contributed by atoms with van der Waals surface area (Å²) in [5.41, 5.74) is 7.73. The van der Waals surface area contributed by atoms with Gasteiger partial charge in [0.05, 0.1) is 16.4 Å². The highest BCUT2D eigenvalue weighted by molar-refractivity contribution is 6.33. The summed E-state index contributed by atoms with van der Waals surface area (Å²) in [6.45, 7) is 1.82. The van der Waals surface area contributed by atoms with E-state index in [9.17, 15) is 8.78 Å². The summed E-state index contributed by atoms with van der Waals surface area (Å²) in [7, 11) is 0. The molecule has 0 saturated carbocycles. The monoisotopic (exact) mass is 268 g/mol. The minimum Gasteiger partial charge on any atom is -0.398 e. The predicted octanol–water partition coefficient (Wildman–Crippen LogP) is 4.25. The van der Waals surface area contributed by atoms with Crippen molar-refractivity contribution in [2.24, 2.45) is 0 Å². The van der Waals surface area contributed by atoms with Crippen LogP contribution in [0.25, 0.3) is 0 Å². The van der Waals surface area contributed by atoms with Crippen LogP contribution >= 0.6 is 11.6 Å². The molecule has 0 bridgehead atoms. The van der Waals surface area contributed by atoms with Gasteiger partial charge in [-0.2, -0.15) is 0 Å². The maximum atomic E-state index is 13.5. The molecule has 2 nitrogen and oxygen atoms in total. The molecule has 3 N–H and O–H groups in total. The standard InChI is InChI=1S/C13H11ClF2N2/c1-7-4-11(17)9(14)6-13(7)18-12-3-2-8(15)5-10(12)16/h2-6,18H,17H2,1H3. The normalized spacial score (nSPS) is 10.4. The van der Waals surface area contributed by atoms with Gasteiger partial charge < -0.3 is 11.1 Å². The number of halogens is 3. The first-order valence-corrected chi connectivity index (χ1v) is 5.63. The number of anilines is 3. The number of hydrogen-bond acceptors (Lipinski definition) is 2. The lowest BCUT2D eigenvalue weighted by atomic mass is 10.1. The first-order valence-electron chi connectivity index (χ1n) is 5.25. The van der Waals surface area contributed by atoms with Crippen molar-refractivity contribution < 1.29 is 8.78 Å². The molecule has 0 radical (unpaired) electrons. The first kappa shape index (κ1) is 12.6. The number of nitrogens with two attached hydrogens (primary N) is 1. The van der Waals surface area contributed by atoms with E-state index in [0.717, 1.165) is 11.6 Å². The van der Waals surface area contributed by atoms with Gasteiger partial charge in [-0.1, -0.05) is 11.6 Å². The van der Waals surface area contributed by atoms with E-state index in [2.05, 4.69) is 5.32 Å². The Morgan fingerprint density at radius 2 is 1.83 bits per heavy atom. The Morgan fingerprint density at radius 1 is 1.11 bits per heavy atom. The number of rotatable bonds is 2. The molecule has 94 valence electrons. The van der Waals surface area contributed by atoms with Gasteiger partial charge in [0.1, 0.15) is 11.6 Å². The van der Waals surface area contributed by atoms with Crippen molar-refractivity contribution in [3.8, 4) is 0 Å². The lowest BCUT2D eigenvalue weighted by Gasteiger charge is -2.12. The summed E-state index contributed by atoms with van der Waals surface area (Å²) in [6.07, 6.45) is 0. The lowest BCUT2D eigenvalue weighted by molar-refractivity contribution is 0.586. The highest BCUT2D eigenvalue weighted by Crippen LogP contribution is 2.29. The third-order valence-electron chi connectivity index (χ3n) is 2.54. The molecule has 2 aromatic rings. The lowest BCUT2D eigenvalue weighted by Crippen LogP contribution is -1.98. The number of nitrogen functional groups attached to an aromatic ring is 1. The fourth-order valence-corrected chi connectivity index (χ4v) is 1.74. The maximum absolute atomic E-state index is 13.5. The second kappa shape index (κ2) is 4.82. The second-order valence-electron chi connectivity index (χ2n) is 3.94. The van der Waals surface area contributed by atoms with Crippen molar-refractivity contribution >= 4 is 28.7 Å². The predicted molar refractivity (Wildman–Crippen MR) is 70.2 cm³/mol. The van der Waals surface area contributed by atoms with Crippen LogP contribution in [0.15, 0.2) is 30.3 Å². The molecule has 2 aromatic carbocycles. The maximum Gasteiger partial charge on any atom is 0.149 e. The largest absolute Gasteiger partial charge is 0.398 e. The Bertz CT molecular complexity index is 600. The summed E-state index contributed by atoms with van der Waals surface area (Å²) < 4.78 is 26.3. The smallest absolute Gasteiger partial charge is 0.149 e. The van der Waals surface area contributed by atoms with Crippen molar-refractivity contribution in [1.82, 2.24) is 0 Å². The summed E-state index contributed by atoms with van der Waals surface area (Å²) >= 11 is 5.90. The van der Waals surface area contributed by atoms with Crippen molar-refractivity contribution in [3.05, 3.63) is 52.6 Å². The number of nitrogens with one attached hydrogen (secondary N) is 1. The Hall–Kier alpha value is -1.81. The van der Waals surface area contributed by atoms with Crippen LogP contribution in [-0.2, 0) is 0 Å². The van der Waals surface area contributed by atoms with Crippen LogP contribution in [0.2, 0.25) is 5.02 Å². The average Bonchev–Trinajstić information content (AvgIpc) is 2.29. The number of aryl methyl sites for hydroxylation is 1. The van der Waals surface area contributed by atoms with E-state index in [1.807, 2.05) is 6.92 Å². The first-order chi connectivity index (χ1) is 8.47. The van der Waals surface area contributed by atoms with E-state index in [1.165, 1.54) is 12.1 Å². The highest BCUT2D eigenvalue weighted by Gasteiger charge is 2.07. The van der Waals surface area contributed by atoms with Gasteiger partial charge in [-0.3, -0.25) is 0 Å². The molecule has 0 aliphatic carbocycles. The molecule has 0 aliphatic heterocycles. The van der Waals surface area contributed by atoms with Crippen LogP contribution in [0.3, 0.4) is 0 Å². The molecular weight excluding hydrogens is 258 g/mol. The van der Waals surface area contributed by atoms with Crippen LogP contribution in [0.4, 0.5) is 25.8 Å². The van der Waals surface area contributed by atoms with Crippen molar-refractivity contribution in [1.29, 1.82) is 0 Å². The zero-order valence-corrected chi connectivity index (χ0v) is 10.4. The number of benzene rings is 2. The highest BCUT2D eigenvalue weighted by atomic mass is 35.5. The van der Waals surface area contributed by atoms with E-state index < -0.39 is 11.6 Å². The van der Waals surface area contributed by atoms with Crippen LogP contribution in [0.1, 0.15) is 5.56 Å². The molecule has 0 aromatic heterocycles. The topological polar surface area (TPSA) is 38.0 Å². The molecule has 0 heterocycles. The van der Waals surface area contributed by atoms with Gasteiger partial charge >= 0.3 is 0 Å². The Kier molecular flexibility index (Phi) is 3.39. The van der Waals surface area contributed by atoms with E-state index in [-0.39, 0.29) is 5.69 Å². The zero-order chi connectivity index (χ0) is 13.3. The summed E-state index contributed by atoms with van der Waals surface area (Å²) in [4.78, 5) is 0. The second-order valence-corrected chi connectivity index (χ2v) is 4.35. The van der Waals surface area contributed by atoms with Gasteiger partial charge in [0.2, 0.25) is 0 Å². The molecule has 0 saturated heterocycles. The van der Waals surface area contributed by atoms with E-state index in [4.69, 9.17) is 17.3 Å². The summed E-state index contributed by atoms with van der Waals surface area (Å²) in [5, 5.41) is 3.23. The molecule has 5 heteroatoms. The van der Waals surface area contributed by atoms with Crippen molar-refractivity contribution in [2.45, 2.75) is 6.92 Å². The zero-order valence-electron chi connectivity index (χ0n) is 9.60. The van der Waals surface area contributed by atoms with Gasteiger partial charge in [0, 0.05) is 11.8 Å². The Labute approximate surface area is 108 Å². The van der Waals surface area contributed by atoms with E-state index >= 15 is 0 Å². The minimum atomic E-state index is -0.664. The Balaban J connectivity index is 2.37. The van der Waals surface area contributed by atoms with Gasteiger partial charge in [-0.15, -0.1) is 0 Å². The molecule has 2 rings (SSSR count). The third-order valence-corrected chi connectivity index (χ3v) is 2.87. The van der Waals surface area contributed by atoms with Gasteiger partial charge in [0.25, 0.3) is 0 Å². The SMILES string of the molecule is Cc1cc(N)c(Cl)cc1Nc1ccc(F)cc1F. The van der Waals surface area contributed by atoms with Crippen LogP contribution in [0.5, 0.6) is 0 Å². The van der Waals surface area contributed by atoms with Crippen LogP contribution < -0.4 is 11.1 Å². The third kappa shape index (κ3) is 2.54. The molecule has 0 atom stereocenters.